The van der Waals surface area contributed by atoms with E-state index in [9.17, 15) is 23.5 Å². The van der Waals surface area contributed by atoms with Gasteiger partial charge < -0.3 is 14.3 Å². The lowest BCUT2D eigenvalue weighted by atomic mass is 9.88. The molecule has 5 nitrogen and oxygen atoms in total. The van der Waals surface area contributed by atoms with Gasteiger partial charge in [-0.2, -0.15) is 0 Å². The monoisotopic (exact) mass is 360 g/mol. The first-order valence-electron chi connectivity index (χ1n) is 7.68. The Kier molecular flexibility index (Phi) is 4.71. The summed E-state index contributed by atoms with van der Waals surface area (Å²) in [6.07, 6.45) is -0.363. The molecule has 0 fully saturated rings. The van der Waals surface area contributed by atoms with Gasteiger partial charge in [-0.1, -0.05) is 18.2 Å². The van der Waals surface area contributed by atoms with Crippen LogP contribution in [0.5, 0.6) is 5.75 Å². The van der Waals surface area contributed by atoms with E-state index in [1.807, 2.05) is 0 Å². The summed E-state index contributed by atoms with van der Waals surface area (Å²) in [6, 6.07) is 9.31. The fourth-order valence-electron chi connectivity index (χ4n) is 2.82. The third kappa shape index (κ3) is 3.15. The quantitative estimate of drug-likeness (QED) is 0.569. The highest BCUT2D eigenvalue weighted by Gasteiger charge is 2.28. The average Bonchev–Trinajstić information content (AvgIpc) is 2.63. The molecule has 0 unspecified atom stereocenters. The number of benzene rings is 2. The maximum absolute atomic E-state index is 13.7. The molecule has 3 rings (SSSR count). The summed E-state index contributed by atoms with van der Waals surface area (Å²) in [7, 11) is 1.16. The number of aromatic hydroxyl groups is 1. The molecule has 1 heterocycles. The molecule has 0 bridgehead atoms. The Balaban J connectivity index is 2.24. The van der Waals surface area contributed by atoms with Crippen molar-refractivity contribution in [3.05, 3.63) is 75.6 Å². The highest BCUT2D eigenvalue weighted by molar-refractivity contribution is 5.84. The summed E-state index contributed by atoms with van der Waals surface area (Å²) in [4.78, 5) is 24.2. The number of fused-ring (bicyclic) bond motifs is 1. The number of para-hydroxylation sites is 1. The number of carbonyl (C=O) groups excluding carboxylic acids is 1. The lowest BCUT2D eigenvalue weighted by Gasteiger charge is -2.17. The van der Waals surface area contributed by atoms with E-state index in [1.54, 1.807) is 12.1 Å². The Labute approximate surface area is 146 Å². The van der Waals surface area contributed by atoms with Crippen LogP contribution in [-0.2, 0) is 9.53 Å². The first kappa shape index (κ1) is 17.6. The molecule has 26 heavy (non-hydrogen) atoms. The number of ether oxygens (including phenoxy) is 1. The van der Waals surface area contributed by atoms with Gasteiger partial charge >= 0.3 is 11.6 Å². The summed E-state index contributed by atoms with van der Waals surface area (Å²) in [5, 5.41) is 10.9. The highest BCUT2D eigenvalue weighted by Crippen LogP contribution is 2.36. The molecule has 0 saturated heterocycles. The van der Waals surface area contributed by atoms with Crippen molar-refractivity contribution in [3.8, 4) is 5.75 Å². The van der Waals surface area contributed by atoms with Gasteiger partial charge in [0.1, 0.15) is 11.3 Å². The van der Waals surface area contributed by atoms with Crippen LogP contribution >= 0.6 is 0 Å². The Morgan fingerprint density at radius 2 is 1.92 bits per heavy atom. The molecule has 1 atom stereocenters. The average molecular weight is 360 g/mol. The first-order chi connectivity index (χ1) is 12.4. The molecule has 0 radical (unpaired) electrons. The van der Waals surface area contributed by atoms with Gasteiger partial charge in [0, 0.05) is 5.92 Å². The van der Waals surface area contributed by atoms with Crippen LogP contribution in [0.3, 0.4) is 0 Å². The van der Waals surface area contributed by atoms with Crippen molar-refractivity contribution in [1.82, 2.24) is 0 Å². The summed E-state index contributed by atoms with van der Waals surface area (Å²) < 4.78 is 36.8. The summed E-state index contributed by atoms with van der Waals surface area (Å²) in [5.74, 6) is -4.34. The van der Waals surface area contributed by atoms with Crippen molar-refractivity contribution in [2.24, 2.45) is 0 Å². The van der Waals surface area contributed by atoms with Gasteiger partial charge in [0.2, 0.25) is 0 Å². The lowest BCUT2D eigenvalue weighted by Crippen LogP contribution is -2.18. The zero-order chi connectivity index (χ0) is 18.8. The zero-order valence-corrected chi connectivity index (χ0v) is 13.7. The van der Waals surface area contributed by atoms with Crippen molar-refractivity contribution in [2.75, 3.05) is 7.11 Å². The van der Waals surface area contributed by atoms with E-state index in [0.29, 0.717) is 0 Å². The minimum Gasteiger partial charge on any atom is -0.507 e. The van der Waals surface area contributed by atoms with Gasteiger partial charge in [-0.05, 0) is 29.8 Å². The molecule has 0 aliphatic rings. The minimum absolute atomic E-state index is 0.132. The highest BCUT2D eigenvalue weighted by atomic mass is 19.2. The van der Waals surface area contributed by atoms with Crippen molar-refractivity contribution < 1.29 is 27.8 Å². The lowest BCUT2D eigenvalue weighted by molar-refractivity contribution is -0.140. The second kappa shape index (κ2) is 6.95. The number of halogens is 2. The third-order valence-corrected chi connectivity index (χ3v) is 4.11. The standard InChI is InChI=1S/C19H14F2O5/c1-25-16(22)9-12(10-6-7-13(20)14(21)8-10)17-18(23)11-4-2-3-5-15(11)26-19(17)24/h2-8,12,23H,9H2,1H3/t12-/m0/s1. The minimum atomic E-state index is -1.14. The van der Waals surface area contributed by atoms with Gasteiger partial charge in [0.25, 0.3) is 0 Å². The van der Waals surface area contributed by atoms with Crippen LogP contribution in [0.25, 0.3) is 11.0 Å². The van der Waals surface area contributed by atoms with Crippen molar-refractivity contribution >= 4 is 16.9 Å². The summed E-state index contributed by atoms with van der Waals surface area (Å²) >= 11 is 0. The molecule has 0 aliphatic heterocycles. The first-order valence-corrected chi connectivity index (χ1v) is 7.68. The van der Waals surface area contributed by atoms with E-state index in [0.717, 1.165) is 19.2 Å². The summed E-state index contributed by atoms with van der Waals surface area (Å²) in [6.45, 7) is 0. The van der Waals surface area contributed by atoms with E-state index in [1.165, 1.54) is 18.2 Å². The molecule has 134 valence electrons. The van der Waals surface area contributed by atoms with Gasteiger partial charge in [0.05, 0.1) is 24.5 Å². The number of rotatable bonds is 4. The normalized spacial score (nSPS) is 12.1. The largest absolute Gasteiger partial charge is 0.507 e. The van der Waals surface area contributed by atoms with E-state index >= 15 is 0 Å². The van der Waals surface area contributed by atoms with Gasteiger partial charge in [-0.3, -0.25) is 4.79 Å². The van der Waals surface area contributed by atoms with Crippen molar-refractivity contribution in [3.63, 3.8) is 0 Å². The predicted molar refractivity (Wildman–Crippen MR) is 89.0 cm³/mol. The van der Waals surface area contributed by atoms with Crippen LogP contribution in [0.4, 0.5) is 8.78 Å². The Morgan fingerprint density at radius 3 is 2.62 bits per heavy atom. The molecule has 1 aromatic heterocycles. The smallest absolute Gasteiger partial charge is 0.343 e. The molecule has 0 spiro atoms. The SMILES string of the molecule is COC(=O)C[C@@H](c1ccc(F)c(F)c1)c1c(O)c2ccccc2oc1=O. The molecule has 3 aromatic rings. The molecule has 0 amide bonds. The topological polar surface area (TPSA) is 76.7 Å². The van der Waals surface area contributed by atoms with Crippen molar-refractivity contribution in [2.45, 2.75) is 12.3 Å². The Hall–Kier alpha value is -3.22. The van der Waals surface area contributed by atoms with Crippen molar-refractivity contribution in [1.29, 1.82) is 0 Å². The predicted octanol–water partition coefficient (Wildman–Crippen LogP) is 3.47. The molecule has 2 aromatic carbocycles. The van der Waals surface area contributed by atoms with E-state index in [-0.39, 0.29) is 34.3 Å². The van der Waals surface area contributed by atoms with Crippen LogP contribution in [0.15, 0.2) is 51.7 Å². The number of methoxy groups -OCH3 is 1. The second-order valence-corrected chi connectivity index (χ2v) is 5.65. The molecule has 1 N–H and O–H groups in total. The fourth-order valence-corrected chi connectivity index (χ4v) is 2.82. The molecular weight excluding hydrogens is 346 g/mol. The number of hydrogen-bond donors (Lipinski definition) is 1. The van der Waals surface area contributed by atoms with Gasteiger partial charge in [-0.15, -0.1) is 0 Å². The second-order valence-electron chi connectivity index (χ2n) is 5.65. The van der Waals surface area contributed by atoms with Crippen LogP contribution in [-0.4, -0.2) is 18.2 Å². The number of hydrogen-bond acceptors (Lipinski definition) is 5. The van der Waals surface area contributed by atoms with E-state index in [2.05, 4.69) is 4.74 Å². The number of carbonyl (C=O) groups is 1. The third-order valence-electron chi connectivity index (χ3n) is 4.11. The van der Waals surface area contributed by atoms with E-state index < -0.39 is 29.1 Å². The maximum Gasteiger partial charge on any atom is 0.343 e. The van der Waals surface area contributed by atoms with Gasteiger partial charge in [-0.25, -0.2) is 13.6 Å². The number of esters is 1. The van der Waals surface area contributed by atoms with Crippen LogP contribution in [0.1, 0.15) is 23.5 Å². The molecule has 0 aliphatic carbocycles. The molecular formula is C19H14F2O5. The summed E-state index contributed by atoms with van der Waals surface area (Å²) in [5.41, 5.74) is -0.798. The Bertz CT molecular complexity index is 1040. The maximum atomic E-state index is 13.7. The van der Waals surface area contributed by atoms with Crippen LogP contribution in [0, 0.1) is 11.6 Å². The van der Waals surface area contributed by atoms with Gasteiger partial charge in [0.15, 0.2) is 11.6 Å². The molecule has 0 saturated carbocycles. The van der Waals surface area contributed by atoms with E-state index in [4.69, 9.17) is 4.42 Å². The zero-order valence-electron chi connectivity index (χ0n) is 13.7. The fraction of sp³-hybridized carbons (Fsp3) is 0.158. The van der Waals surface area contributed by atoms with Crippen LogP contribution in [0.2, 0.25) is 0 Å². The Morgan fingerprint density at radius 1 is 1.19 bits per heavy atom. The van der Waals surface area contributed by atoms with Crippen LogP contribution < -0.4 is 5.63 Å². The molecule has 7 heteroatoms.